The maximum Gasteiger partial charge on any atom is 0.245 e. The first-order chi connectivity index (χ1) is 15.4. The molecule has 0 bridgehead atoms. The molecule has 2 heterocycles. The lowest BCUT2D eigenvalue weighted by Crippen LogP contribution is -2.45. The highest BCUT2D eigenvalue weighted by Gasteiger charge is 2.48. The minimum absolute atomic E-state index is 0.0482. The Morgan fingerprint density at radius 3 is 2.34 bits per heavy atom. The molecule has 4 rings (SSSR count). The number of ether oxygens (including phenoxy) is 1. The van der Waals surface area contributed by atoms with Gasteiger partial charge in [-0.05, 0) is 54.5 Å². The van der Waals surface area contributed by atoms with Crippen LogP contribution in [-0.2, 0) is 29.0 Å². The van der Waals surface area contributed by atoms with E-state index < -0.39 is 26.8 Å². The second kappa shape index (κ2) is 9.68. The first-order valence-corrected chi connectivity index (χ1v) is 12.7. The molecule has 2 saturated heterocycles. The third-order valence-corrected chi connectivity index (χ3v) is 8.92. The van der Waals surface area contributed by atoms with Gasteiger partial charge >= 0.3 is 0 Å². The summed E-state index contributed by atoms with van der Waals surface area (Å²) in [6.45, 7) is 0.583. The molecule has 172 valence electrons. The topological polar surface area (TPSA) is 81.7 Å². The number of carbonyl (C=O) groups excluding carboxylic acids is 1. The van der Waals surface area contributed by atoms with E-state index in [1.807, 2.05) is 12.1 Å². The lowest BCUT2D eigenvalue weighted by molar-refractivity contribution is -0.200. The van der Waals surface area contributed by atoms with E-state index >= 15 is 0 Å². The van der Waals surface area contributed by atoms with E-state index in [1.54, 1.807) is 24.3 Å². The van der Waals surface area contributed by atoms with Gasteiger partial charge in [-0.3, -0.25) is 4.79 Å². The first-order valence-electron chi connectivity index (χ1n) is 11.0. The monoisotopic (exact) mass is 461 g/mol. The zero-order chi connectivity index (χ0) is 22.6. The highest BCUT2D eigenvalue weighted by molar-refractivity contribution is 7.92. The highest BCUT2D eigenvalue weighted by Crippen LogP contribution is 2.43. The fraction of sp³-hybridized carbons (Fsp3) is 0.458. The summed E-state index contributed by atoms with van der Waals surface area (Å²) in [6, 6.07) is 13.3. The zero-order valence-corrected chi connectivity index (χ0v) is 18.7. The Hall–Kier alpha value is -2.29. The van der Waals surface area contributed by atoms with Crippen LogP contribution in [0, 0.1) is 5.82 Å². The molecule has 1 N–H and O–H groups in total. The molecule has 2 aliphatic heterocycles. The van der Waals surface area contributed by atoms with Gasteiger partial charge in [-0.15, -0.1) is 0 Å². The van der Waals surface area contributed by atoms with E-state index in [-0.39, 0.29) is 18.0 Å². The molecule has 0 saturated carbocycles. The van der Waals surface area contributed by atoms with Crippen LogP contribution in [0.4, 0.5) is 4.39 Å². The van der Waals surface area contributed by atoms with Gasteiger partial charge in [0.25, 0.3) is 0 Å². The summed E-state index contributed by atoms with van der Waals surface area (Å²) >= 11 is 0. The van der Waals surface area contributed by atoms with E-state index in [9.17, 15) is 17.6 Å². The highest BCUT2D eigenvalue weighted by atomic mass is 32.2. The van der Waals surface area contributed by atoms with Crippen molar-refractivity contribution in [3.05, 3.63) is 59.9 Å². The molecule has 0 spiro atoms. The van der Waals surface area contributed by atoms with Crippen molar-refractivity contribution < 1.29 is 27.2 Å². The summed E-state index contributed by atoms with van der Waals surface area (Å²) in [5.41, 5.74) is 4.68. The molecule has 6 nitrogen and oxygen atoms in total. The van der Waals surface area contributed by atoms with Gasteiger partial charge in [-0.1, -0.05) is 42.8 Å². The van der Waals surface area contributed by atoms with E-state index in [2.05, 4.69) is 5.48 Å². The van der Waals surface area contributed by atoms with Crippen molar-refractivity contribution in [1.82, 2.24) is 5.48 Å². The Kier molecular flexibility index (Phi) is 6.93. The van der Waals surface area contributed by atoms with Crippen molar-refractivity contribution in [2.45, 2.75) is 56.0 Å². The minimum atomic E-state index is -3.56. The molecule has 2 fully saturated rings. The van der Waals surface area contributed by atoms with Crippen molar-refractivity contribution in [2.75, 3.05) is 12.4 Å². The normalized spacial score (nSPS) is 25.2. The number of rotatable bonds is 6. The van der Waals surface area contributed by atoms with Crippen molar-refractivity contribution in [1.29, 1.82) is 0 Å². The molecule has 1 amide bonds. The molecule has 0 radical (unpaired) electrons. The Bertz CT molecular complexity index is 1030. The summed E-state index contributed by atoms with van der Waals surface area (Å²) < 4.78 is 43.9. The van der Waals surface area contributed by atoms with Crippen molar-refractivity contribution in [3.8, 4) is 11.1 Å². The Balaban J connectivity index is 1.56. The minimum Gasteiger partial charge on any atom is -0.350 e. The predicted molar refractivity (Wildman–Crippen MR) is 119 cm³/mol. The van der Waals surface area contributed by atoms with Gasteiger partial charge in [-0.25, -0.2) is 23.1 Å². The van der Waals surface area contributed by atoms with Crippen molar-refractivity contribution in [3.63, 3.8) is 0 Å². The zero-order valence-electron chi connectivity index (χ0n) is 17.9. The molecular formula is C24H28FNO5S. The van der Waals surface area contributed by atoms with Crippen LogP contribution in [0.2, 0.25) is 0 Å². The van der Waals surface area contributed by atoms with Crippen LogP contribution in [0.3, 0.4) is 0 Å². The second-order valence-corrected chi connectivity index (χ2v) is 10.9. The second-order valence-electron chi connectivity index (χ2n) is 8.47. The average Bonchev–Trinajstić information content (AvgIpc) is 2.80. The summed E-state index contributed by atoms with van der Waals surface area (Å²) in [5.74, 6) is -0.746. The van der Waals surface area contributed by atoms with Crippen LogP contribution in [0.1, 0.15) is 50.5 Å². The molecule has 32 heavy (non-hydrogen) atoms. The number of benzene rings is 2. The van der Waals surface area contributed by atoms with Gasteiger partial charge in [0, 0.05) is 13.0 Å². The van der Waals surface area contributed by atoms with Gasteiger partial charge in [-0.2, -0.15) is 0 Å². The molecular weight excluding hydrogens is 433 g/mol. The van der Waals surface area contributed by atoms with E-state index in [0.29, 0.717) is 31.4 Å². The smallest absolute Gasteiger partial charge is 0.245 e. The predicted octanol–water partition coefficient (Wildman–Crippen LogP) is 4.25. The number of sulfone groups is 1. The van der Waals surface area contributed by atoms with Crippen LogP contribution in [0.5, 0.6) is 0 Å². The van der Waals surface area contributed by atoms with Crippen LogP contribution < -0.4 is 5.48 Å². The molecule has 2 unspecified atom stereocenters. The standard InChI is InChI=1S/C24H28FNO5S/c25-21-12-8-19(9-13-21)18-6-10-20(11-7-18)24(14-2-4-16-32(24,28)29)17-22(27)26-31-23-5-1-3-15-30-23/h6-13,23H,1-5,14-17H2,(H,26,27). The summed E-state index contributed by atoms with van der Waals surface area (Å²) in [6.07, 6.45) is 3.58. The molecule has 2 aromatic carbocycles. The number of nitrogens with one attached hydrogen (secondary N) is 1. The quantitative estimate of drug-likeness (QED) is 0.651. The van der Waals surface area contributed by atoms with Gasteiger partial charge < -0.3 is 4.74 Å². The lowest BCUT2D eigenvalue weighted by Gasteiger charge is -2.37. The van der Waals surface area contributed by atoms with Gasteiger partial charge in [0.1, 0.15) is 10.6 Å². The van der Waals surface area contributed by atoms with E-state index in [0.717, 1.165) is 30.4 Å². The number of hydrogen-bond donors (Lipinski definition) is 1. The maximum atomic E-state index is 13.3. The molecule has 0 aromatic heterocycles. The van der Waals surface area contributed by atoms with Crippen molar-refractivity contribution in [2.24, 2.45) is 0 Å². The van der Waals surface area contributed by atoms with Crippen LogP contribution in [0.25, 0.3) is 11.1 Å². The fourth-order valence-corrected chi connectivity index (χ4v) is 6.79. The number of hydroxylamine groups is 1. The summed E-state index contributed by atoms with van der Waals surface area (Å²) in [5, 5.41) is 0. The largest absolute Gasteiger partial charge is 0.350 e. The van der Waals surface area contributed by atoms with Gasteiger partial charge in [0.05, 0.1) is 12.2 Å². The fourth-order valence-electron chi connectivity index (χ4n) is 4.52. The number of amides is 1. The Labute approximate surface area is 188 Å². The van der Waals surface area contributed by atoms with E-state index in [4.69, 9.17) is 9.57 Å². The molecule has 2 atom stereocenters. The SMILES string of the molecule is O=C(CC1(c2ccc(-c3ccc(F)cc3)cc2)CCCCS1(=O)=O)NOC1CCCCO1. The number of halogens is 1. The maximum absolute atomic E-state index is 13.3. The Morgan fingerprint density at radius 2 is 1.72 bits per heavy atom. The van der Waals surface area contributed by atoms with Gasteiger partial charge in [0.15, 0.2) is 16.1 Å². The first kappa shape index (κ1) is 22.9. The molecule has 2 aliphatic rings. The third-order valence-electron chi connectivity index (χ3n) is 6.32. The molecule has 8 heteroatoms. The average molecular weight is 462 g/mol. The van der Waals surface area contributed by atoms with Crippen LogP contribution in [-0.4, -0.2) is 33.0 Å². The van der Waals surface area contributed by atoms with Crippen LogP contribution in [0.15, 0.2) is 48.5 Å². The molecule has 0 aliphatic carbocycles. The lowest BCUT2D eigenvalue weighted by atomic mass is 9.87. The third kappa shape index (κ3) is 4.87. The van der Waals surface area contributed by atoms with E-state index in [1.165, 1.54) is 12.1 Å². The number of carbonyl (C=O) groups is 1. The Morgan fingerprint density at radius 1 is 1.03 bits per heavy atom. The molecule has 2 aromatic rings. The van der Waals surface area contributed by atoms with Gasteiger partial charge in [0.2, 0.25) is 5.91 Å². The summed E-state index contributed by atoms with van der Waals surface area (Å²) in [7, 11) is -3.56. The van der Waals surface area contributed by atoms with Crippen LogP contribution >= 0.6 is 0 Å². The number of hydrogen-bond acceptors (Lipinski definition) is 5. The summed E-state index contributed by atoms with van der Waals surface area (Å²) in [4.78, 5) is 18.1. The van der Waals surface area contributed by atoms with Crippen molar-refractivity contribution >= 4 is 15.7 Å².